The highest BCUT2D eigenvalue weighted by molar-refractivity contribution is 6.64. The second-order valence-corrected chi connectivity index (χ2v) is 8.04. The van der Waals surface area contributed by atoms with Gasteiger partial charge < -0.3 is 8.85 Å². The summed E-state index contributed by atoms with van der Waals surface area (Å²) in [6, 6.07) is 0. The summed E-state index contributed by atoms with van der Waals surface area (Å²) in [5.41, 5.74) is 0. The Hall–Kier alpha value is 0.137. The Morgan fingerprint density at radius 3 is 2.21 bits per heavy atom. The molecule has 3 heteroatoms. The van der Waals surface area contributed by atoms with Gasteiger partial charge in [0.2, 0.25) is 0 Å². The molecular formula is C11H26O2Si. The van der Waals surface area contributed by atoms with Crippen LogP contribution in [0.1, 0.15) is 40.0 Å². The highest BCUT2D eigenvalue weighted by Gasteiger charge is 2.24. The third-order valence-electron chi connectivity index (χ3n) is 1.96. The minimum Gasteiger partial charge on any atom is -0.395 e. The Kier molecular flexibility index (Phi) is 7.50. The average Bonchev–Trinajstić information content (AvgIpc) is 2.10. The monoisotopic (exact) mass is 218 g/mol. The molecule has 86 valence electrons. The van der Waals surface area contributed by atoms with Gasteiger partial charge in [-0.25, -0.2) is 0 Å². The van der Waals surface area contributed by atoms with Crippen LogP contribution < -0.4 is 0 Å². The first-order valence-corrected chi connectivity index (χ1v) is 8.57. The van der Waals surface area contributed by atoms with Gasteiger partial charge in [0.25, 0.3) is 0 Å². The van der Waals surface area contributed by atoms with E-state index in [-0.39, 0.29) is 0 Å². The van der Waals surface area contributed by atoms with Crippen LogP contribution in [0.25, 0.3) is 0 Å². The van der Waals surface area contributed by atoms with Crippen LogP contribution in [0, 0.1) is 5.92 Å². The van der Waals surface area contributed by atoms with Gasteiger partial charge in [-0.05, 0) is 25.4 Å². The van der Waals surface area contributed by atoms with E-state index < -0.39 is 8.56 Å². The van der Waals surface area contributed by atoms with Gasteiger partial charge in [0.15, 0.2) is 0 Å². The molecule has 0 aromatic heterocycles. The maximum absolute atomic E-state index is 5.80. The quantitative estimate of drug-likeness (QED) is 0.458. The predicted octanol–water partition coefficient (Wildman–Crippen LogP) is 3.57. The lowest BCUT2D eigenvalue weighted by Crippen LogP contribution is -2.36. The van der Waals surface area contributed by atoms with Crippen molar-refractivity contribution in [2.45, 2.75) is 53.1 Å². The van der Waals surface area contributed by atoms with Gasteiger partial charge in [0.05, 0.1) is 0 Å². The highest BCUT2D eigenvalue weighted by Crippen LogP contribution is 2.10. The van der Waals surface area contributed by atoms with Gasteiger partial charge in [-0.15, -0.1) is 0 Å². The second kappa shape index (κ2) is 7.43. The summed E-state index contributed by atoms with van der Waals surface area (Å²) in [7, 11) is -1.82. The molecule has 0 aliphatic rings. The number of rotatable bonds is 8. The number of hydrogen-bond donors (Lipinski definition) is 0. The molecule has 0 aromatic carbocycles. The zero-order valence-electron chi connectivity index (χ0n) is 10.4. The Balaban J connectivity index is 3.50. The zero-order valence-corrected chi connectivity index (χ0v) is 11.4. The summed E-state index contributed by atoms with van der Waals surface area (Å²) >= 11 is 0. The first kappa shape index (κ1) is 14.1. The fraction of sp³-hybridized carbons (Fsp3) is 1.00. The third kappa shape index (κ3) is 8.72. The second-order valence-electron chi connectivity index (χ2n) is 4.66. The van der Waals surface area contributed by atoms with E-state index in [1.54, 1.807) is 0 Å². The molecule has 0 spiro atoms. The van der Waals surface area contributed by atoms with E-state index in [1.807, 2.05) is 0 Å². The van der Waals surface area contributed by atoms with Crippen LogP contribution >= 0.6 is 0 Å². The van der Waals surface area contributed by atoms with Gasteiger partial charge in [-0.2, -0.15) is 0 Å². The fourth-order valence-electron chi connectivity index (χ4n) is 1.08. The van der Waals surface area contributed by atoms with Crippen molar-refractivity contribution in [1.82, 2.24) is 0 Å². The Morgan fingerprint density at radius 2 is 1.71 bits per heavy atom. The smallest absolute Gasteiger partial charge is 0.331 e. The SMILES string of the molecule is CCCCCO[Si](C)(C)OCC(C)C. The van der Waals surface area contributed by atoms with Crippen molar-refractivity contribution in [1.29, 1.82) is 0 Å². The summed E-state index contributed by atoms with van der Waals surface area (Å²) in [5, 5.41) is 0. The van der Waals surface area contributed by atoms with Crippen molar-refractivity contribution in [3.8, 4) is 0 Å². The van der Waals surface area contributed by atoms with Crippen LogP contribution in [0.3, 0.4) is 0 Å². The van der Waals surface area contributed by atoms with Crippen LogP contribution in [0.2, 0.25) is 13.1 Å². The van der Waals surface area contributed by atoms with E-state index in [4.69, 9.17) is 8.85 Å². The molecule has 0 fully saturated rings. The van der Waals surface area contributed by atoms with Crippen molar-refractivity contribution in [2.24, 2.45) is 5.92 Å². The van der Waals surface area contributed by atoms with Crippen molar-refractivity contribution in [3.63, 3.8) is 0 Å². The summed E-state index contributed by atoms with van der Waals surface area (Å²) < 4.78 is 11.6. The zero-order chi connectivity index (χ0) is 11.0. The molecule has 0 rings (SSSR count). The van der Waals surface area contributed by atoms with Crippen molar-refractivity contribution in [2.75, 3.05) is 13.2 Å². The van der Waals surface area contributed by atoms with E-state index in [1.165, 1.54) is 12.8 Å². The molecule has 0 saturated carbocycles. The largest absolute Gasteiger partial charge is 0.395 e. The predicted molar refractivity (Wildman–Crippen MR) is 63.7 cm³/mol. The first-order chi connectivity index (χ1) is 6.48. The molecule has 0 amide bonds. The molecule has 0 saturated heterocycles. The van der Waals surface area contributed by atoms with Gasteiger partial charge >= 0.3 is 8.56 Å². The van der Waals surface area contributed by atoms with Gasteiger partial charge in [0, 0.05) is 13.2 Å². The van der Waals surface area contributed by atoms with Gasteiger partial charge in [-0.1, -0.05) is 33.6 Å². The van der Waals surface area contributed by atoms with Gasteiger partial charge in [-0.3, -0.25) is 0 Å². The number of unbranched alkanes of at least 4 members (excludes halogenated alkanes) is 2. The molecule has 0 bridgehead atoms. The van der Waals surface area contributed by atoms with Gasteiger partial charge in [0.1, 0.15) is 0 Å². The minimum absolute atomic E-state index is 0.598. The molecule has 0 aliphatic heterocycles. The molecule has 0 heterocycles. The molecule has 0 N–H and O–H groups in total. The van der Waals surface area contributed by atoms with E-state index in [9.17, 15) is 0 Å². The summed E-state index contributed by atoms with van der Waals surface area (Å²) in [4.78, 5) is 0. The van der Waals surface area contributed by atoms with Crippen LogP contribution in [-0.4, -0.2) is 21.8 Å². The molecule has 0 aromatic rings. The summed E-state index contributed by atoms with van der Waals surface area (Å²) in [6.07, 6.45) is 3.67. The maximum atomic E-state index is 5.80. The van der Waals surface area contributed by atoms with E-state index in [0.29, 0.717) is 5.92 Å². The molecule has 14 heavy (non-hydrogen) atoms. The van der Waals surface area contributed by atoms with Crippen molar-refractivity contribution in [3.05, 3.63) is 0 Å². The average molecular weight is 218 g/mol. The van der Waals surface area contributed by atoms with Crippen molar-refractivity contribution < 1.29 is 8.85 Å². The normalized spacial score (nSPS) is 12.4. The van der Waals surface area contributed by atoms with E-state index in [0.717, 1.165) is 19.6 Å². The molecule has 0 radical (unpaired) electrons. The van der Waals surface area contributed by atoms with E-state index in [2.05, 4.69) is 33.9 Å². The lowest BCUT2D eigenvalue weighted by molar-refractivity contribution is 0.159. The number of hydrogen-bond acceptors (Lipinski definition) is 2. The Labute approximate surface area is 90.2 Å². The van der Waals surface area contributed by atoms with Crippen molar-refractivity contribution >= 4 is 8.56 Å². The Morgan fingerprint density at radius 1 is 1.07 bits per heavy atom. The molecule has 0 unspecified atom stereocenters. The van der Waals surface area contributed by atoms with Crippen LogP contribution in [0.15, 0.2) is 0 Å². The maximum Gasteiger partial charge on any atom is 0.331 e. The molecule has 2 nitrogen and oxygen atoms in total. The summed E-state index contributed by atoms with van der Waals surface area (Å²) in [6.45, 7) is 12.5. The van der Waals surface area contributed by atoms with Crippen LogP contribution in [-0.2, 0) is 8.85 Å². The lowest BCUT2D eigenvalue weighted by Gasteiger charge is -2.23. The molecule has 0 atom stereocenters. The lowest BCUT2D eigenvalue weighted by atomic mass is 10.2. The third-order valence-corrected chi connectivity index (χ3v) is 3.72. The molecule has 0 aliphatic carbocycles. The first-order valence-electron chi connectivity index (χ1n) is 5.76. The fourth-order valence-corrected chi connectivity index (χ4v) is 2.53. The van der Waals surface area contributed by atoms with E-state index >= 15 is 0 Å². The Bertz CT molecular complexity index is 135. The van der Waals surface area contributed by atoms with Crippen LogP contribution in [0.4, 0.5) is 0 Å². The highest BCUT2D eigenvalue weighted by atomic mass is 28.4. The standard InChI is InChI=1S/C11H26O2Si/c1-6-7-8-9-12-14(4,5)13-10-11(2)3/h11H,6-10H2,1-5H3. The molecular weight excluding hydrogens is 192 g/mol. The van der Waals surface area contributed by atoms with Crippen LogP contribution in [0.5, 0.6) is 0 Å². The summed E-state index contributed by atoms with van der Waals surface area (Å²) in [5.74, 6) is 0.598. The topological polar surface area (TPSA) is 18.5 Å². The minimum atomic E-state index is -1.82.